The lowest BCUT2D eigenvalue weighted by Crippen LogP contribution is -2.15. The van der Waals surface area contributed by atoms with Gasteiger partial charge in [-0.05, 0) is 49.6 Å². The summed E-state index contributed by atoms with van der Waals surface area (Å²) in [6.45, 7) is 4.16. The van der Waals surface area contributed by atoms with E-state index in [-0.39, 0.29) is 0 Å². The number of nitrogens with zero attached hydrogens (tertiary/aromatic N) is 1. The highest BCUT2D eigenvalue weighted by atomic mass is 32.1. The van der Waals surface area contributed by atoms with Crippen LogP contribution in [0.25, 0.3) is 0 Å². The average molecular weight is 286 g/mol. The van der Waals surface area contributed by atoms with Crippen molar-refractivity contribution in [2.45, 2.75) is 38.9 Å². The fourth-order valence-corrected chi connectivity index (χ4v) is 3.35. The molecule has 0 atom stereocenters. The van der Waals surface area contributed by atoms with Gasteiger partial charge in [0.15, 0.2) is 0 Å². The zero-order valence-electron chi connectivity index (χ0n) is 12.2. The summed E-state index contributed by atoms with van der Waals surface area (Å²) in [6, 6.07) is 14.0. The van der Waals surface area contributed by atoms with Crippen molar-refractivity contribution >= 4 is 17.0 Å². The van der Waals surface area contributed by atoms with Crippen molar-refractivity contribution in [1.82, 2.24) is 5.32 Å². The van der Waals surface area contributed by atoms with Gasteiger partial charge in [0.1, 0.15) is 0 Å². The zero-order chi connectivity index (χ0) is 13.9. The largest absolute Gasteiger partial charge is 0.369 e. The molecule has 3 rings (SSSR count). The Kier molecular flexibility index (Phi) is 4.08. The van der Waals surface area contributed by atoms with E-state index in [4.69, 9.17) is 0 Å². The number of anilines is 1. The van der Waals surface area contributed by atoms with E-state index in [9.17, 15) is 0 Å². The first-order valence-corrected chi connectivity index (χ1v) is 8.11. The first kappa shape index (κ1) is 13.7. The van der Waals surface area contributed by atoms with Crippen LogP contribution in [0.4, 0.5) is 5.69 Å². The van der Waals surface area contributed by atoms with Gasteiger partial charge in [0.05, 0.1) is 6.54 Å². The van der Waals surface area contributed by atoms with Gasteiger partial charge in [-0.2, -0.15) is 0 Å². The summed E-state index contributed by atoms with van der Waals surface area (Å²) in [4.78, 5) is 5.20. The molecule has 2 nitrogen and oxygen atoms in total. The van der Waals surface area contributed by atoms with E-state index in [1.165, 1.54) is 33.8 Å². The molecule has 0 aliphatic heterocycles. The number of rotatable bonds is 6. The Labute approximate surface area is 125 Å². The second-order valence-corrected chi connectivity index (χ2v) is 6.97. The van der Waals surface area contributed by atoms with Gasteiger partial charge in [0.2, 0.25) is 0 Å². The molecule has 0 bridgehead atoms. The van der Waals surface area contributed by atoms with Crippen LogP contribution in [0.1, 0.15) is 28.2 Å². The van der Waals surface area contributed by atoms with Crippen LogP contribution in [0.5, 0.6) is 0 Å². The van der Waals surface area contributed by atoms with Crippen molar-refractivity contribution in [2.75, 3.05) is 11.9 Å². The fourth-order valence-electron chi connectivity index (χ4n) is 2.33. The number of nitrogens with one attached hydrogen (secondary N) is 1. The predicted octanol–water partition coefficient (Wildman–Crippen LogP) is 3.94. The lowest BCUT2D eigenvalue weighted by atomic mass is 10.2. The minimum atomic E-state index is 0.788. The maximum atomic E-state index is 3.58. The van der Waals surface area contributed by atoms with Gasteiger partial charge in [-0.15, -0.1) is 11.3 Å². The predicted molar refractivity (Wildman–Crippen MR) is 87.5 cm³/mol. The van der Waals surface area contributed by atoms with E-state index in [2.05, 4.69) is 60.6 Å². The molecular formula is C17H22N2S. The number of aryl methyl sites for hydroxylation is 1. The molecule has 0 spiro atoms. The Bertz CT molecular complexity index is 572. The van der Waals surface area contributed by atoms with Crippen molar-refractivity contribution < 1.29 is 0 Å². The summed E-state index contributed by atoms with van der Waals surface area (Å²) in [7, 11) is 2.16. The van der Waals surface area contributed by atoms with E-state index in [0.29, 0.717) is 0 Å². The van der Waals surface area contributed by atoms with Crippen LogP contribution in [-0.4, -0.2) is 13.1 Å². The third-order valence-electron chi connectivity index (χ3n) is 3.70. The molecule has 2 aromatic rings. The molecule has 0 saturated heterocycles. The molecule has 1 aliphatic rings. The Hall–Kier alpha value is -1.32. The minimum absolute atomic E-state index is 0.788. The molecule has 3 heteroatoms. The topological polar surface area (TPSA) is 15.3 Å². The van der Waals surface area contributed by atoms with Crippen molar-refractivity contribution in [2.24, 2.45) is 0 Å². The van der Waals surface area contributed by atoms with Crippen LogP contribution in [0, 0.1) is 6.92 Å². The van der Waals surface area contributed by atoms with Crippen LogP contribution in [0.15, 0.2) is 36.4 Å². The van der Waals surface area contributed by atoms with Crippen LogP contribution < -0.4 is 10.2 Å². The van der Waals surface area contributed by atoms with Gasteiger partial charge >= 0.3 is 0 Å². The smallest absolute Gasteiger partial charge is 0.0519 e. The molecule has 106 valence electrons. The molecule has 1 aliphatic carbocycles. The minimum Gasteiger partial charge on any atom is -0.369 e. The zero-order valence-corrected chi connectivity index (χ0v) is 13.0. The molecule has 1 fully saturated rings. The van der Waals surface area contributed by atoms with Gasteiger partial charge in [-0.1, -0.05) is 12.1 Å². The van der Waals surface area contributed by atoms with Crippen molar-refractivity contribution in [3.05, 3.63) is 51.7 Å². The lowest BCUT2D eigenvalue weighted by Gasteiger charge is -2.18. The number of thiophene rings is 1. The summed E-state index contributed by atoms with van der Waals surface area (Å²) >= 11 is 1.93. The number of hydrogen-bond donors (Lipinski definition) is 1. The molecule has 0 unspecified atom stereocenters. The van der Waals surface area contributed by atoms with Crippen molar-refractivity contribution in [3.63, 3.8) is 0 Å². The number of hydrogen-bond acceptors (Lipinski definition) is 3. The second kappa shape index (κ2) is 5.98. The van der Waals surface area contributed by atoms with Crippen LogP contribution in [0.2, 0.25) is 0 Å². The summed E-state index contributed by atoms with van der Waals surface area (Å²) < 4.78 is 0. The van der Waals surface area contributed by atoms with E-state index >= 15 is 0 Å². The molecule has 0 amide bonds. The third kappa shape index (κ3) is 3.62. The summed E-state index contributed by atoms with van der Waals surface area (Å²) in [6.07, 6.45) is 2.71. The van der Waals surface area contributed by atoms with Crippen molar-refractivity contribution in [1.29, 1.82) is 0 Å². The standard InChI is InChI=1S/C17H22N2S/c1-13-4-3-5-15(10-13)19(2)12-17-9-8-16(20-17)11-18-14-6-7-14/h3-5,8-10,14,18H,6-7,11-12H2,1-2H3. The van der Waals surface area contributed by atoms with Gasteiger partial charge in [0, 0.05) is 35.1 Å². The summed E-state index contributed by atoms with van der Waals surface area (Å²) in [5.74, 6) is 0. The maximum Gasteiger partial charge on any atom is 0.0519 e. The van der Waals surface area contributed by atoms with Gasteiger partial charge < -0.3 is 10.2 Å². The highest BCUT2D eigenvalue weighted by molar-refractivity contribution is 7.12. The van der Waals surface area contributed by atoms with E-state index < -0.39 is 0 Å². The molecule has 1 saturated carbocycles. The molecule has 0 radical (unpaired) electrons. The normalized spacial score (nSPS) is 14.5. The van der Waals surface area contributed by atoms with Gasteiger partial charge in [-0.3, -0.25) is 0 Å². The second-order valence-electron chi connectivity index (χ2n) is 5.72. The van der Waals surface area contributed by atoms with E-state index in [1.54, 1.807) is 0 Å². The Morgan fingerprint density at radius 3 is 2.75 bits per heavy atom. The lowest BCUT2D eigenvalue weighted by molar-refractivity contribution is 0.695. The van der Waals surface area contributed by atoms with Gasteiger partial charge in [-0.25, -0.2) is 0 Å². The maximum absolute atomic E-state index is 3.58. The fraction of sp³-hybridized carbons (Fsp3) is 0.412. The first-order valence-electron chi connectivity index (χ1n) is 7.29. The monoisotopic (exact) mass is 286 g/mol. The Balaban J connectivity index is 1.59. The first-order chi connectivity index (χ1) is 9.70. The average Bonchev–Trinajstić information content (AvgIpc) is 3.16. The quantitative estimate of drug-likeness (QED) is 0.865. The molecule has 1 aromatic carbocycles. The van der Waals surface area contributed by atoms with Crippen LogP contribution in [-0.2, 0) is 13.1 Å². The molecule has 20 heavy (non-hydrogen) atoms. The summed E-state index contributed by atoms with van der Waals surface area (Å²) in [5.41, 5.74) is 2.60. The SMILES string of the molecule is Cc1cccc(N(C)Cc2ccc(CNC3CC3)s2)c1. The Morgan fingerprint density at radius 2 is 2.00 bits per heavy atom. The van der Waals surface area contributed by atoms with E-state index in [0.717, 1.165) is 19.1 Å². The van der Waals surface area contributed by atoms with Crippen LogP contribution >= 0.6 is 11.3 Å². The molecule has 1 N–H and O–H groups in total. The Morgan fingerprint density at radius 1 is 1.20 bits per heavy atom. The molecular weight excluding hydrogens is 264 g/mol. The third-order valence-corrected chi connectivity index (χ3v) is 4.77. The van der Waals surface area contributed by atoms with Crippen LogP contribution in [0.3, 0.4) is 0 Å². The highest BCUT2D eigenvalue weighted by Gasteiger charge is 2.20. The number of benzene rings is 1. The van der Waals surface area contributed by atoms with Gasteiger partial charge in [0.25, 0.3) is 0 Å². The molecule has 1 heterocycles. The van der Waals surface area contributed by atoms with E-state index in [1.807, 2.05) is 11.3 Å². The highest BCUT2D eigenvalue weighted by Crippen LogP contribution is 2.24. The molecule has 1 aromatic heterocycles. The summed E-state index contributed by atoms with van der Waals surface area (Å²) in [5, 5.41) is 3.58. The van der Waals surface area contributed by atoms with Crippen molar-refractivity contribution in [3.8, 4) is 0 Å².